The Morgan fingerprint density at radius 2 is 1.96 bits per heavy atom. The lowest BCUT2D eigenvalue weighted by Crippen LogP contribution is -2.41. The number of nitrogens with zero attached hydrogens (tertiary/aromatic N) is 2. The molecule has 0 aliphatic rings. The lowest BCUT2D eigenvalue weighted by atomic mass is 10.1. The Kier molecular flexibility index (Phi) is 5.57. The molecule has 7 nitrogen and oxygen atoms in total. The van der Waals surface area contributed by atoms with Crippen molar-refractivity contribution in [1.29, 1.82) is 0 Å². The van der Waals surface area contributed by atoms with Crippen molar-refractivity contribution in [2.45, 2.75) is 26.7 Å². The number of rotatable bonds is 5. The molecule has 2 aromatic rings. The summed E-state index contributed by atoms with van der Waals surface area (Å²) in [5, 5.41) is 3.85. The number of amides is 2. The smallest absolute Gasteiger partial charge is 0.269 e. The molecule has 0 unspecified atom stereocenters. The molecule has 2 amide bonds. The maximum Gasteiger partial charge on any atom is 0.269 e. The van der Waals surface area contributed by atoms with Crippen LogP contribution in [0.5, 0.6) is 0 Å². The minimum atomic E-state index is -0.357. The van der Waals surface area contributed by atoms with Crippen molar-refractivity contribution in [3.8, 4) is 0 Å². The zero-order valence-corrected chi connectivity index (χ0v) is 14.3. The van der Waals surface area contributed by atoms with E-state index in [4.69, 9.17) is 4.52 Å². The molecule has 0 atom stereocenters. The van der Waals surface area contributed by atoms with Crippen molar-refractivity contribution in [2.75, 3.05) is 19.0 Å². The maximum absolute atomic E-state index is 12.1. The maximum atomic E-state index is 12.1. The summed E-state index contributed by atoms with van der Waals surface area (Å²) < 4.78 is 5.06. The van der Waals surface area contributed by atoms with Gasteiger partial charge in [0.2, 0.25) is 5.91 Å². The SMILES string of the molecule is Cc1noc(C)c1CCC(=O)NNC(=O)c1cccc(N(C)C)c1. The number of hydrazine groups is 1. The van der Waals surface area contributed by atoms with Crippen LogP contribution in [0.3, 0.4) is 0 Å². The summed E-state index contributed by atoms with van der Waals surface area (Å²) in [6.45, 7) is 3.65. The van der Waals surface area contributed by atoms with Gasteiger partial charge in [-0.05, 0) is 38.5 Å². The van der Waals surface area contributed by atoms with Gasteiger partial charge in [0.1, 0.15) is 5.76 Å². The summed E-state index contributed by atoms with van der Waals surface area (Å²) in [5.74, 6) is 0.0846. The van der Waals surface area contributed by atoms with Crippen LogP contribution in [0.15, 0.2) is 28.8 Å². The Hall–Kier alpha value is -2.83. The van der Waals surface area contributed by atoms with Crippen molar-refractivity contribution in [2.24, 2.45) is 0 Å². The van der Waals surface area contributed by atoms with Crippen molar-refractivity contribution in [1.82, 2.24) is 16.0 Å². The first-order valence-electron chi connectivity index (χ1n) is 7.67. The quantitative estimate of drug-likeness (QED) is 0.816. The van der Waals surface area contributed by atoms with E-state index in [-0.39, 0.29) is 18.2 Å². The van der Waals surface area contributed by atoms with Gasteiger partial charge in [0.15, 0.2) is 0 Å². The lowest BCUT2D eigenvalue weighted by Gasteiger charge is -2.13. The van der Waals surface area contributed by atoms with Crippen LogP contribution in [0, 0.1) is 13.8 Å². The summed E-state index contributed by atoms with van der Waals surface area (Å²) in [5.41, 5.74) is 7.95. The molecule has 0 saturated carbocycles. The van der Waals surface area contributed by atoms with Crippen LogP contribution in [0.25, 0.3) is 0 Å². The molecule has 0 fully saturated rings. The van der Waals surface area contributed by atoms with E-state index in [9.17, 15) is 9.59 Å². The number of hydrogen-bond donors (Lipinski definition) is 2. The van der Waals surface area contributed by atoms with Crippen LogP contribution in [-0.4, -0.2) is 31.1 Å². The Balaban J connectivity index is 1.85. The normalized spacial score (nSPS) is 10.3. The van der Waals surface area contributed by atoms with Crippen LogP contribution < -0.4 is 15.8 Å². The molecule has 2 rings (SSSR count). The second-order valence-electron chi connectivity index (χ2n) is 5.75. The average Bonchev–Trinajstić information content (AvgIpc) is 2.89. The highest BCUT2D eigenvalue weighted by Gasteiger charge is 2.12. The topological polar surface area (TPSA) is 87.5 Å². The van der Waals surface area contributed by atoms with Gasteiger partial charge in [-0.1, -0.05) is 11.2 Å². The first kappa shape index (κ1) is 17.5. The van der Waals surface area contributed by atoms with E-state index in [1.165, 1.54) is 0 Å². The summed E-state index contributed by atoms with van der Waals surface area (Å²) in [6, 6.07) is 7.15. The average molecular weight is 330 g/mol. The first-order valence-corrected chi connectivity index (χ1v) is 7.67. The van der Waals surface area contributed by atoms with Gasteiger partial charge >= 0.3 is 0 Å². The Labute approximate surface area is 141 Å². The standard InChI is InChI=1S/C17H22N4O3/c1-11-15(12(2)24-20-11)8-9-16(22)18-19-17(23)13-6-5-7-14(10-13)21(3)4/h5-7,10H,8-9H2,1-4H3,(H,18,22)(H,19,23). The molecule has 1 heterocycles. The number of aryl methyl sites for hydroxylation is 2. The number of benzene rings is 1. The van der Waals surface area contributed by atoms with Gasteiger partial charge in [-0.15, -0.1) is 0 Å². The molecule has 0 radical (unpaired) electrons. The summed E-state index contributed by atoms with van der Waals surface area (Å²) >= 11 is 0. The lowest BCUT2D eigenvalue weighted by molar-refractivity contribution is -0.121. The molecule has 2 N–H and O–H groups in total. The van der Waals surface area contributed by atoms with E-state index < -0.39 is 0 Å². The molecule has 0 spiro atoms. The molecule has 24 heavy (non-hydrogen) atoms. The summed E-state index contributed by atoms with van der Waals surface area (Å²) in [7, 11) is 3.79. The molecule has 0 bridgehead atoms. The van der Waals surface area contributed by atoms with Crippen molar-refractivity contribution in [3.63, 3.8) is 0 Å². The highest BCUT2D eigenvalue weighted by atomic mass is 16.5. The van der Waals surface area contributed by atoms with Crippen molar-refractivity contribution >= 4 is 17.5 Å². The third-order valence-electron chi connectivity index (χ3n) is 3.72. The first-order chi connectivity index (χ1) is 11.4. The predicted molar refractivity (Wildman–Crippen MR) is 90.7 cm³/mol. The molecular formula is C17H22N4O3. The Morgan fingerprint density at radius 3 is 2.58 bits per heavy atom. The fourth-order valence-electron chi connectivity index (χ4n) is 2.28. The van der Waals surface area contributed by atoms with Crippen molar-refractivity contribution in [3.05, 3.63) is 46.8 Å². The van der Waals surface area contributed by atoms with E-state index in [2.05, 4.69) is 16.0 Å². The minimum Gasteiger partial charge on any atom is -0.378 e. The molecule has 1 aromatic carbocycles. The number of carbonyl (C=O) groups excluding carboxylic acids is 2. The minimum absolute atomic E-state index is 0.237. The highest BCUT2D eigenvalue weighted by Crippen LogP contribution is 2.14. The zero-order chi connectivity index (χ0) is 17.7. The van der Waals surface area contributed by atoms with E-state index in [1.807, 2.05) is 38.9 Å². The number of hydrogen-bond acceptors (Lipinski definition) is 5. The Bertz CT molecular complexity index is 718. The van der Waals surface area contributed by atoms with Crippen LogP contribution in [0.1, 0.15) is 33.8 Å². The van der Waals surface area contributed by atoms with Gasteiger partial charge in [0.25, 0.3) is 5.91 Å². The number of carbonyl (C=O) groups is 2. The molecule has 0 aliphatic heterocycles. The molecule has 128 valence electrons. The Morgan fingerprint density at radius 1 is 1.21 bits per heavy atom. The van der Waals surface area contributed by atoms with Gasteiger partial charge in [-0.3, -0.25) is 20.4 Å². The number of anilines is 1. The van der Waals surface area contributed by atoms with Crippen LogP contribution in [0.4, 0.5) is 5.69 Å². The van der Waals surface area contributed by atoms with Gasteiger partial charge in [-0.2, -0.15) is 0 Å². The van der Waals surface area contributed by atoms with Gasteiger partial charge in [0.05, 0.1) is 5.69 Å². The van der Waals surface area contributed by atoms with Gasteiger partial charge < -0.3 is 9.42 Å². The molecule has 0 saturated heterocycles. The van der Waals surface area contributed by atoms with E-state index >= 15 is 0 Å². The van der Waals surface area contributed by atoms with E-state index in [0.29, 0.717) is 17.7 Å². The third-order valence-corrected chi connectivity index (χ3v) is 3.72. The molecule has 7 heteroatoms. The van der Waals surface area contributed by atoms with Crippen LogP contribution in [0.2, 0.25) is 0 Å². The highest BCUT2D eigenvalue weighted by molar-refractivity contribution is 5.96. The fraction of sp³-hybridized carbons (Fsp3) is 0.353. The van der Waals surface area contributed by atoms with Gasteiger partial charge in [-0.25, -0.2) is 0 Å². The summed E-state index contributed by atoms with van der Waals surface area (Å²) in [6.07, 6.45) is 0.750. The van der Waals surface area contributed by atoms with E-state index in [1.54, 1.807) is 18.2 Å². The number of aromatic nitrogens is 1. The predicted octanol–water partition coefficient (Wildman–Crippen LogP) is 1.75. The largest absolute Gasteiger partial charge is 0.378 e. The monoisotopic (exact) mass is 330 g/mol. The number of nitrogens with one attached hydrogen (secondary N) is 2. The summed E-state index contributed by atoms with van der Waals surface area (Å²) in [4.78, 5) is 25.9. The van der Waals surface area contributed by atoms with Gasteiger partial charge in [0, 0.05) is 37.3 Å². The van der Waals surface area contributed by atoms with Crippen molar-refractivity contribution < 1.29 is 14.1 Å². The molecule has 1 aromatic heterocycles. The third kappa shape index (κ3) is 4.34. The van der Waals surface area contributed by atoms with E-state index in [0.717, 1.165) is 16.9 Å². The molecular weight excluding hydrogens is 308 g/mol. The second kappa shape index (κ2) is 7.63. The molecule has 0 aliphatic carbocycles. The zero-order valence-electron chi connectivity index (χ0n) is 14.3. The second-order valence-corrected chi connectivity index (χ2v) is 5.75. The fourth-order valence-corrected chi connectivity index (χ4v) is 2.28. The van der Waals surface area contributed by atoms with Crippen LogP contribution >= 0.6 is 0 Å². The van der Waals surface area contributed by atoms with Crippen LogP contribution in [-0.2, 0) is 11.2 Å².